The van der Waals surface area contributed by atoms with E-state index in [1.165, 1.54) is 98.7 Å². The molecule has 0 amide bonds. The Bertz CT molecular complexity index is 3240. The molecule has 0 atom stereocenters. The quantitative estimate of drug-likeness (QED) is 0.0953. The van der Waals surface area contributed by atoms with Crippen LogP contribution in [0.15, 0.2) is 182 Å². The summed E-state index contributed by atoms with van der Waals surface area (Å²) in [7, 11) is -4.02. The lowest BCUT2D eigenvalue weighted by atomic mass is 9.84. The van der Waals surface area contributed by atoms with Crippen LogP contribution in [-0.4, -0.2) is 16.1 Å². The van der Waals surface area contributed by atoms with Crippen molar-refractivity contribution in [2.45, 2.75) is 26.2 Å². The van der Waals surface area contributed by atoms with Gasteiger partial charge in [0.15, 0.2) is 0 Å². The van der Waals surface area contributed by atoms with Crippen LogP contribution in [0.2, 0.25) is 26.2 Å². The second-order valence-corrected chi connectivity index (χ2v) is 26.1. The van der Waals surface area contributed by atoms with E-state index in [0.29, 0.717) is 0 Å². The first kappa shape index (κ1) is 33.8. The minimum absolute atomic E-state index is 1.27. The molecule has 0 spiro atoms. The van der Waals surface area contributed by atoms with E-state index >= 15 is 0 Å². The fourth-order valence-electron chi connectivity index (χ4n) is 11.3. The van der Waals surface area contributed by atoms with Gasteiger partial charge in [-0.3, -0.25) is 0 Å². The molecule has 2 aliphatic rings. The molecule has 2 heteroatoms. The van der Waals surface area contributed by atoms with E-state index < -0.39 is 16.1 Å². The fraction of sp³-hybridized carbons (Fsp3) is 0.0714. The molecule has 0 nitrogen and oxygen atoms in total. The molecule has 2 aliphatic heterocycles. The van der Waals surface area contributed by atoms with Crippen molar-refractivity contribution < 1.29 is 0 Å². The van der Waals surface area contributed by atoms with Gasteiger partial charge in [0.25, 0.3) is 0 Å². The Morgan fingerprint density at radius 3 is 1.19 bits per heavy atom. The van der Waals surface area contributed by atoms with E-state index in [4.69, 9.17) is 0 Å². The number of fused-ring (bicyclic) bond motifs is 11. The number of rotatable bonds is 3. The largest absolute Gasteiger partial charge is 0.114 e. The number of hydrogen-bond donors (Lipinski definition) is 0. The van der Waals surface area contributed by atoms with Gasteiger partial charge in [0.2, 0.25) is 0 Å². The maximum Gasteiger partial charge on any atom is 0.114 e. The highest BCUT2D eigenvalue weighted by Gasteiger charge is 2.41. The van der Waals surface area contributed by atoms with Crippen LogP contribution < -0.4 is 20.7 Å². The Labute approximate surface area is 342 Å². The lowest BCUT2D eigenvalue weighted by Gasteiger charge is -2.25. The van der Waals surface area contributed by atoms with Gasteiger partial charge in [-0.2, -0.15) is 0 Å². The van der Waals surface area contributed by atoms with Gasteiger partial charge in [-0.05, 0) is 132 Å². The van der Waals surface area contributed by atoms with E-state index in [9.17, 15) is 0 Å². The molecule has 0 bridgehead atoms. The molecule has 12 rings (SSSR count). The average Bonchev–Trinajstić information content (AvgIpc) is 3.65. The molecule has 10 aromatic carbocycles. The third kappa shape index (κ3) is 4.50. The molecule has 10 aromatic rings. The van der Waals surface area contributed by atoms with Crippen LogP contribution in [0, 0.1) is 0 Å². The standard InChI is InChI=1S/C56H42Si2/c1-57(2)52-31-11-9-21-41(52)47-29-15-27-45(55(47)57)39-23-13-25-43-49(39)34-50-40(46-28-16-30-48-42-22-10-12-32-53(42)58(3,4)56(46)48)24-14-26-44(50)54(43)51-33-35-17-5-6-18-36(35)37-19-7-8-20-38(37)51/h5-34H,1-4H3. The third-order valence-electron chi connectivity index (χ3n) is 13.8. The summed E-state index contributed by atoms with van der Waals surface area (Å²) in [5.74, 6) is 0. The molecule has 58 heavy (non-hydrogen) atoms. The summed E-state index contributed by atoms with van der Waals surface area (Å²) in [6.45, 7) is 10.2. The van der Waals surface area contributed by atoms with Crippen LogP contribution in [0.3, 0.4) is 0 Å². The van der Waals surface area contributed by atoms with Gasteiger partial charge < -0.3 is 0 Å². The smallest absolute Gasteiger partial charge is 0.0623 e. The van der Waals surface area contributed by atoms with Crippen LogP contribution in [0.1, 0.15) is 0 Å². The molecule has 2 heterocycles. The lowest BCUT2D eigenvalue weighted by molar-refractivity contribution is 1.65. The van der Waals surface area contributed by atoms with Crippen molar-refractivity contribution in [3.63, 3.8) is 0 Å². The minimum Gasteiger partial charge on any atom is -0.0623 e. The first-order valence-corrected chi connectivity index (χ1v) is 26.7. The normalized spacial score (nSPS) is 14.5. The van der Waals surface area contributed by atoms with Crippen LogP contribution >= 0.6 is 0 Å². The molecule has 0 fully saturated rings. The van der Waals surface area contributed by atoms with Crippen molar-refractivity contribution in [3.05, 3.63) is 182 Å². The summed E-state index contributed by atoms with van der Waals surface area (Å²) >= 11 is 0. The molecule has 0 N–H and O–H groups in total. The van der Waals surface area contributed by atoms with E-state index in [1.807, 2.05) is 0 Å². The Kier molecular flexibility index (Phi) is 7.04. The van der Waals surface area contributed by atoms with Crippen LogP contribution in [0.5, 0.6) is 0 Å². The maximum atomic E-state index is 2.56. The first-order valence-electron chi connectivity index (χ1n) is 20.7. The summed E-state index contributed by atoms with van der Waals surface area (Å²) in [6, 6.07) is 69.6. The summed E-state index contributed by atoms with van der Waals surface area (Å²) in [5.41, 5.74) is 13.7. The predicted octanol–water partition coefficient (Wildman–Crippen LogP) is 12.9. The first-order chi connectivity index (χ1) is 28.3. The molecule has 0 saturated carbocycles. The highest BCUT2D eigenvalue weighted by atomic mass is 28.3. The van der Waals surface area contributed by atoms with Crippen molar-refractivity contribution in [1.82, 2.24) is 0 Å². The van der Waals surface area contributed by atoms with Crippen LogP contribution in [0.25, 0.3) is 98.7 Å². The van der Waals surface area contributed by atoms with Crippen LogP contribution in [0.4, 0.5) is 0 Å². The highest BCUT2D eigenvalue weighted by molar-refractivity contribution is 7.05. The number of hydrogen-bond acceptors (Lipinski definition) is 0. The zero-order chi connectivity index (χ0) is 38.9. The molecule has 274 valence electrons. The molecular formula is C56H42Si2. The Morgan fingerprint density at radius 2 is 0.638 bits per heavy atom. The predicted molar refractivity (Wildman–Crippen MR) is 257 cm³/mol. The summed E-state index contributed by atoms with van der Waals surface area (Å²) in [4.78, 5) is 0. The second-order valence-electron chi connectivity index (χ2n) is 17.5. The van der Waals surface area contributed by atoms with Crippen molar-refractivity contribution >= 4 is 80.0 Å². The van der Waals surface area contributed by atoms with Crippen molar-refractivity contribution in [3.8, 4) is 55.6 Å². The lowest BCUT2D eigenvalue weighted by Crippen LogP contribution is -2.50. The minimum atomic E-state index is -2.01. The Morgan fingerprint density at radius 1 is 0.259 bits per heavy atom. The van der Waals surface area contributed by atoms with Gasteiger partial charge in [-0.1, -0.05) is 196 Å². The molecule has 0 unspecified atom stereocenters. The van der Waals surface area contributed by atoms with E-state index in [0.717, 1.165) is 0 Å². The summed E-state index contributed by atoms with van der Waals surface area (Å²) < 4.78 is 0. The van der Waals surface area contributed by atoms with Gasteiger partial charge in [-0.25, -0.2) is 0 Å². The van der Waals surface area contributed by atoms with Gasteiger partial charge in [0, 0.05) is 0 Å². The maximum absolute atomic E-state index is 2.56. The average molecular weight is 771 g/mol. The SMILES string of the molecule is C[Si]1(C)c2ccccc2-c2cccc(-c3cccc4c(-c5cc6ccccc6c6ccccc56)c5cccc(-c6cccc7c6[Si](C)(C)c6ccccc6-7)c5cc34)c21. The van der Waals surface area contributed by atoms with Gasteiger partial charge in [0.05, 0.1) is 0 Å². The highest BCUT2D eigenvalue weighted by Crippen LogP contribution is 2.47. The van der Waals surface area contributed by atoms with E-state index in [1.54, 1.807) is 20.7 Å². The molecular weight excluding hydrogens is 729 g/mol. The molecule has 0 saturated heterocycles. The summed E-state index contributed by atoms with van der Waals surface area (Å²) in [6.07, 6.45) is 0. The van der Waals surface area contributed by atoms with E-state index in [2.05, 4.69) is 208 Å². The number of benzene rings is 10. The zero-order valence-corrected chi connectivity index (χ0v) is 35.3. The Hall–Kier alpha value is -6.33. The monoisotopic (exact) mass is 770 g/mol. The van der Waals surface area contributed by atoms with Gasteiger partial charge in [-0.15, -0.1) is 0 Å². The molecule has 0 aromatic heterocycles. The Balaban J connectivity index is 1.24. The van der Waals surface area contributed by atoms with Gasteiger partial charge >= 0.3 is 0 Å². The van der Waals surface area contributed by atoms with Gasteiger partial charge in [0.1, 0.15) is 16.1 Å². The zero-order valence-electron chi connectivity index (χ0n) is 33.3. The van der Waals surface area contributed by atoms with Crippen molar-refractivity contribution in [2.75, 3.05) is 0 Å². The third-order valence-corrected chi connectivity index (χ3v) is 21.0. The van der Waals surface area contributed by atoms with Crippen molar-refractivity contribution in [1.29, 1.82) is 0 Å². The fourth-order valence-corrected chi connectivity index (χ4v) is 18.2. The molecule has 0 radical (unpaired) electrons. The van der Waals surface area contributed by atoms with E-state index in [-0.39, 0.29) is 0 Å². The molecule has 0 aliphatic carbocycles. The summed E-state index contributed by atoms with van der Waals surface area (Å²) in [5, 5.41) is 16.6. The van der Waals surface area contributed by atoms with Crippen LogP contribution in [-0.2, 0) is 0 Å². The van der Waals surface area contributed by atoms with Crippen molar-refractivity contribution in [2.24, 2.45) is 0 Å². The topological polar surface area (TPSA) is 0 Å². The second kappa shape index (κ2) is 12.1.